The van der Waals surface area contributed by atoms with Crippen LogP contribution in [0.3, 0.4) is 0 Å². The minimum absolute atomic E-state index is 0.0140. The zero-order valence-electron chi connectivity index (χ0n) is 27.8. The number of nitrogens with zero attached hydrogens (tertiary/aromatic N) is 3. The summed E-state index contributed by atoms with van der Waals surface area (Å²) in [7, 11) is 0. The van der Waals surface area contributed by atoms with Crippen molar-refractivity contribution in [1.29, 1.82) is 0 Å². The number of amides is 2. The number of anilines is 1. The highest BCUT2D eigenvalue weighted by Crippen LogP contribution is 2.24. The molecule has 16 nitrogen and oxygen atoms in total. The van der Waals surface area contributed by atoms with Crippen LogP contribution in [0.25, 0.3) is 5.70 Å². The molecule has 1 aromatic heterocycles. The molecule has 2 atom stereocenters. The average molecular weight is 668 g/mol. The van der Waals surface area contributed by atoms with E-state index in [0.29, 0.717) is 42.4 Å². The smallest absolute Gasteiger partial charge is 0.326 e. The highest BCUT2D eigenvalue weighted by atomic mass is 16.4. The lowest BCUT2D eigenvalue weighted by Gasteiger charge is -2.27. The second-order valence-electron chi connectivity index (χ2n) is 11.2. The van der Waals surface area contributed by atoms with Crippen LogP contribution in [0, 0.1) is 0 Å². The fraction of sp³-hybridized carbons (Fsp3) is 0.438. The fourth-order valence-electron chi connectivity index (χ4n) is 4.50. The highest BCUT2D eigenvalue weighted by molar-refractivity contribution is 5.94. The first-order valence-electron chi connectivity index (χ1n) is 15.4. The number of aromatic nitrogens is 2. The van der Waals surface area contributed by atoms with Crippen LogP contribution in [0.4, 0.5) is 11.5 Å². The van der Waals surface area contributed by atoms with Gasteiger partial charge in [0.1, 0.15) is 23.6 Å². The Morgan fingerprint density at radius 3 is 2.29 bits per heavy atom. The van der Waals surface area contributed by atoms with Gasteiger partial charge in [0.2, 0.25) is 11.8 Å². The number of nitrogens with two attached hydrogens (primary N) is 1. The SMILES string of the molecule is C=C1NC(N)=Nc2ncc(CNc3ccc(C(C)(C)NCCCC(=O)NC(CC(=O)O)C(=O)N[C@H](CC(C)=O)C(=O)O)cc3)nc21.CC. The van der Waals surface area contributed by atoms with Crippen LogP contribution in [-0.2, 0) is 36.1 Å². The number of carboxylic acid groups (broad SMARTS) is 2. The summed E-state index contributed by atoms with van der Waals surface area (Å²) in [5.41, 5.74) is 8.86. The van der Waals surface area contributed by atoms with Gasteiger partial charge < -0.3 is 42.5 Å². The molecule has 2 amide bonds. The van der Waals surface area contributed by atoms with Crippen LogP contribution < -0.4 is 32.3 Å². The Morgan fingerprint density at radius 1 is 1.02 bits per heavy atom. The van der Waals surface area contributed by atoms with Crippen molar-refractivity contribution in [2.45, 2.75) is 84.5 Å². The van der Waals surface area contributed by atoms with Crippen LogP contribution in [0.15, 0.2) is 42.0 Å². The van der Waals surface area contributed by atoms with Crippen LogP contribution >= 0.6 is 0 Å². The minimum Gasteiger partial charge on any atom is -0.481 e. The van der Waals surface area contributed by atoms with Gasteiger partial charge in [0.25, 0.3) is 0 Å². The standard InChI is InChI=1S/C30H39N9O7.C2H6/c1-16(40)12-22(28(45)46)38-27(44)21(13-24(42)43)37-23(41)6-5-11-34-30(3,4)18-7-9-19(10-8-18)32-14-20-15-33-26-25(36-20)17(2)35-29(31)39-26;1-2/h7-10,15,21-22,32,34H,2,5-6,11-14H2,1,3-4H3,(H,37,41)(H,38,44)(H,42,43)(H,45,46)(H3,31,33,35,39);1-2H3/t21?,22-;/m1./s1. The van der Waals surface area contributed by atoms with E-state index in [-0.39, 0.29) is 12.4 Å². The molecule has 1 aliphatic rings. The van der Waals surface area contributed by atoms with Crippen molar-refractivity contribution in [2.24, 2.45) is 10.7 Å². The third kappa shape index (κ3) is 12.1. The molecule has 0 bridgehead atoms. The molecule has 2 heterocycles. The van der Waals surface area contributed by atoms with Gasteiger partial charge in [0.15, 0.2) is 11.8 Å². The molecule has 1 unspecified atom stereocenters. The highest BCUT2D eigenvalue weighted by Gasteiger charge is 2.29. The second-order valence-corrected chi connectivity index (χ2v) is 11.2. The predicted octanol–water partition coefficient (Wildman–Crippen LogP) is 1.75. The maximum absolute atomic E-state index is 12.5. The Balaban J connectivity index is 0.00000392. The lowest BCUT2D eigenvalue weighted by molar-refractivity contribution is -0.144. The number of carbonyl (C=O) groups is 5. The third-order valence-electron chi connectivity index (χ3n) is 6.96. The number of aliphatic imine (C=N–C) groups is 1. The van der Waals surface area contributed by atoms with E-state index in [4.69, 9.17) is 10.8 Å². The Hall–Kier alpha value is -5.38. The molecule has 9 N–H and O–H groups in total. The minimum atomic E-state index is -1.53. The third-order valence-corrected chi connectivity index (χ3v) is 6.96. The van der Waals surface area contributed by atoms with E-state index in [0.717, 1.165) is 11.3 Å². The summed E-state index contributed by atoms with van der Waals surface area (Å²) >= 11 is 0. The van der Waals surface area contributed by atoms with Gasteiger partial charge in [0, 0.05) is 24.1 Å². The van der Waals surface area contributed by atoms with Crippen molar-refractivity contribution >= 4 is 52.7 Å². The summed E-state index contributed by atoms with van der Waals surface area (Å²) in [6.07, 6.45) is 0.760. The maximum Gasteiger partial charge on any atom is 0.326 e. The van der Waals surface area contributed by atoms with E-state index in [1.165, 1.54) is 6.92 Å². The molecule has 0 saturated heterocycles. The summed E-state index contributed by atoms with van der Waals surface area (Å²) in [5.74, 6) is -4.23. The normalized spacial score (nSPS) is 13.3. The number of guanidine groups is 1. The van der Waals surface area contributed by atoms with Crippen LogP contribution in [-0.4, -0.2) is 74.3 Å². The van der Waals surface area contributed by atoms with Crippen molar-refractivity contribution in [1.82, 2.24) is 31.2 Å². The molecule has 1 aromatic carbocycles. The number of Topliss-reactive ketones (excluding diaryl/α,β-unsaturated/α-hetero) is 1. The van der Waals surface area contributed by atoms with Gasteiger partial charge in [-0.1, -0.05) is 32.6 Å². The number of aliphatic carboxylic acids is 2. The molecular weight excluding hydrogens is 622 g/mol. The summed E-state index contributed by atoms with van der Waals surface area (Å²) < 4.78 is 0. The molecule has 0 saturated carbocycles. The first-order chi connectivity index (χ1) is 22.6. The van der Waals surface area contributed by atoms with Gasteiger partial charge in [-0.25, -0.2) is 14.8 Å². The van der Waals surface area contributed by atoms with Gasteiger partial charge >= 0.3 is 11.9 Å². The number of carbonyl (C=O) groups excluding carboxylic acids is 3. The van der Waals surface area contributed by atoms with Gasteiger partial charge in [0.05, 0.1) is 30.6 Å². The van der Waals surface area contributed by atoms with E-state index in [1.807, 2.05) is 52.0 Å². The quantitative estimate of drug-likeness (QED) is 0.112. The van der Waals surface area contributed by atoms with E-state index >= 15 is 0 Å². The molecular formula is C32H45N9O7. The van der Waals surface area contributed by atoms with Gasteiger partial charge in [-0.2, -0.15) is 4.99 Å². The molecule has 0 radical (unpaired) electrons. The van der Waals surface area contributed by atoms with Crippen LogP contribution in [0.2, 0.25) is 0 Å². The molecule has 0 aliphatic carbocycles. The maximum atomic E-state index is 12.5. The van der Waals surface area contributed by atoms with Crippen molar-refractivity contribution in [3.63, 3.8) is 0 Å². The topological polar surface area (TPSA) is 250 Å². The van der Waals surface area contributed by atoms with Gasteiger partial charge in [-0.05, 0) is 51.4 Å². The van der Waals surface area contributed by atoms with E-state index in [2.05, 4.69) is 48.1 Å². The van der Waals surface area contributed by atoms with Crippen molar-refractivity contribution in [3.05, 3.63) is 54.0 Å². The largest absolute Gasteiger partial charge is 0.481 e. The van der Waals surface area contributed by atoms with E-state index < -0.39 is 60.0 Å². The number of nitrogens with one attached hydrogen (secondary N) is 5. The number of benzene rings is 1. The summed E-state index contributed by atoms with van der Waals surface area (Å²) in [6, 6.07) is 4.77. The molecule has 16 heteroatoms. The van der Waals surface area contributed by atoms with Crippen LogP contribution in [0.1, 0.15) is 77.3 Å². The lowest BCUT2D eigenvalue weighted by Crippen LogP contribution is -2.52. The first-order valence-corrected chi connectivity index (χ1v) is 15.4. The molecule has 0 spiro atoms. The number of rotatable bonds is 17. The molecule has 1 aliphatic heterocycles. The summed E-state index contributed by atoms with van der Waals surface area (Å²) in [5, 5.41) is 32.4. The molecule has 2 aromatic rings. The Kier molecular flexibility index (Phi) is 14.6. The zero-order valence-corrected chi connectivity index (χ0v) is 27.8. The van der Waals surface area contributed by atoms with E-state index in [1.54, 1.807) is 6.20 Å². The number of fused-ring (bicyclic) bond motifs is 1. The Morgan fingerprint density at radius 2 is 1.69 bits per heavy atom. The van der Waals surface area contributed by atoms with Gasteiger partial charge in [-0.3, -0.25) is 19.2 Å². The number of hydrogen-bond donors (Lipinski definition) is 8. The Bertz CT molecular complexity index is 1520. The fourth-order valence-corrected chi connectivity index (χ4v) is 4.50. The number of ketones is 1. The lowest BCUT2D eigenvalue weighted by atomic mass is 9.94. The summed E-state index contributed by atoms with van der Waals surface area (Å²) in [4.78, 5) is 72.0. The number of carboxylic acids is 2. The molecule has 0 fully saturated rings. The van der Waals surface area contributed by atoms with Crippen molar-refractivity contribution in [3.8, 4) is 0 Å². The first kappa shape index (κ1) is 38.8. The van der Waals surface area contributed by atoms with E-state index in [9.17, 15) is 29.1 Å². The Labute approximate surface area is 279 Å². The van der Waals surface area contributed by atoms with Crippen molar-refractivity contribution < 1.29 is 34.2 Å². The van der Waals surface area contributed by atoms with Crippen molar-refractivity contribution in [2.75, 3.05) is 11.9 Å². The molecule has 48 heavy (non-hydrogen) atoms. The monoisotopic (exact) mass is 667 g/mol. The van der Waals surface area contributed by atoms with Gasteiger partial charge in [-0.15, -0.1) is 0 Å². The summed E-state index contributed by atoms with van der Waals surface area (Å²) in [6.45, 7) is 13.9. The average Bonchev–Trinajstić information content (AvgIpc) is 3.02. The van der Waals surface area contributed by atoms with Crippen LogP contribution in [0.5, 0.6) is 0 Å². The predicted molar refractivity (Wildman–Crippen MR) is 180 cm³/mol. The molecule has 3 rings (SSSR count). The number of hydrogen-bond acceptors (Lipinski definition) is 12. The zero-order chi connectivity index (χ0) is 36.0. The second kappa shape index (κ2) is 18.1. The molecule has 260 valence electrons.